The highest BCUT2D eigenvalue weighted by molar-refractivity contribution is 4.88. The summed E-state index contributed by atoms with van der Waals surface area (Å²) in [6.07, 6.45) is 4.97. The van der Waals surface area contributed by atoms with E-state index in [1.54, 1.807) is 0 Å². The second kappa shape index (κ2) is 4.97. The minimum absolute atomic E-state index is 0.467. The lowest BCUT2D eigenvalue weighted by molar-refractivity contribution is 0.262. The molecule has 2 heteroatoms. The monoisotopic (exact) mass is 184 g/mol. The fourth-order valence-electron chi connectivity index (χ4n) is 1.87. The van der Waals surface area contributed by atoms with Crippen molar-refractivity contribution in [2.75, 3.05) is 0 Å². The molecule has 0 spiro atoms. The van der Waals surface area contributed by atoms with Gasteiger partial charge in [-0.1, -0.05) is 13.8 Å². The van der Waals surface area contributed by atoms with Gasteiger partial charge in [0.05, 0.1) is 0 Å². The lowest BCUT2D eigenvalue weighted by Gasteiger charge is -2.35. The highest BCUT2D eigenvalue weighted by atomic mass is 15.0. The third-order valence-corrected chi connectivity index (χ3v) is 2.87. The highest BCUT2D eigenvalue weighted by Crippen LogP contribution is 2.19. The van der Waals surface area contributed by atoms with Crippen LogP contribution in [0.2, 0.25) is 0 Å². The van der Waals surface area contributed by atoms with E-state index in [1.807, 2.05) is 0 Å². The summed E-state index contributed by atoms with van der Waals surface area (Å²) in [6.45, 7) is 6.85. The van der Waals surface area contributed by atoms with E-state index in [2.05, 4.69) is 26.1 Å². The number of nitrogens with one attached hydrogen (secondary N) is 1. The first-order valence-corrected chi connectivity index (χ1v) is 5.59. The van der Waals surface area contributed by atoms with Crippen molar-refractivity contribution in [2.45, 2.75) is 64.6 Å². The van der Waals surface area contributed by atoms with E-state index < -0.39 is 0 Å². The van der Waals surface area contributed by atoms with E-state index in [-0.39, 0.29) is 0 Å². The van der Waals surface area contributed by atoms with Gasteiger partial charge in [-0.2, -0.15) is 0 Å². The number of hydrogen-bond donors (Lipinski definition) is 2. The van der Waals surface area contributed by atoms with Gasteiger partial charge >= 0.3 is 0 Å². The summed E-state index contributed by atoms with van der Waals surface area (Å²) in [7, 11) is 0. The van der Waals surface area contributed by atoms with Crippen LogP contribution in [0, 0.1) is 5.92 Å². The summed E-state index contributed by atoms with van der Waals surface area (Å²) in [5.74, 6) is 0.827. The molecule has 78 valence electrons. The van der Waals surface area contributed by atoms with Gasteiger partial charge in [-0.15, -0.1) is 0 Å². The van der Waals surface area contributed by atoms with Gasteiger partial charge in [-0.3, -0.25) is 0 Å². The van der Waals surface area contributed by atoms with Gasteiger partial charge in [-0.25, -0.2) is 0 Å². The average molecular weight is 184 g/mol. The zero-order valence-corrected chi connectivity index (χ0v) is 9.22. The van der Waals surface area contributed by atoms with Crippen molar-refractivity contribution in [2.24, 2.45) is 11.7 Å². The average Bonchev–Trinajstić information content (AvgIpc) is 1.98. The Morgan fingerprint density at radius 1 is 1.23 bits per heavy atom. The molecule has 0 heterocycles. The van der Waals surface area contributed by atoms with Crippen LogP contribution in [-0.2, 0) is 0 Å². The molecule has 2 nitrogen and oxygen atoms in total. The molecule has 0 aromatic rings. The molecule has 0 amide bonds. The molecule has 1 atom stereocenters. The predicted octanol–water partition coefficient (Wildman–Crippen LogP) is 1.89. The van der Waals surface area contributed by atoms with Crippen molar-refractivity contribution in [3.05, 3.63) is 0 Å². The summed E-state index contributed by atoms with van der Waals surface area (Å²) in [6, 6.07) is 1.84. The van der Waals surface area contributed by atoms with E-state index in [0.29, 0.717) is 18.1 Å². The lowest BCUT2D eigenvalue weighted by Crippen LogP contribution is -2.51. The molecule has 3 N–H and O–H groups in total. The third kappa shape index (κ3) is 4.10. The smallest absolute Gasteiger partial charge is 0.00990 e. The summed E-state index contributed by atoms with van der Waals surface area (Å²) in [5, 5.41) is 3.62. The second-order valence-corrected chi connectivity index (χ2v) is 4.97. The van der Waals surface area contributed by atoms with Crippen LogP contribution in [0.1, 0.15) is 46.5 Å². The van der Waals surface area contributed by atoms with Crippen molar-refractivity contribution in [1.82, 2.24) is 5.32 Å². The van der Waals surface area contributed by atoms with Crippen LogP contribution < -0.4 is 11.1 Å². The Bertz CT molecular complexity index is 139. The van der Waals surface area contributed by atoms with Crippen LogP contribution in [0.5, 0.6) is 0 Å². The van der Waals surface area contributed by atoms with E-state index in [0.717, 1.165) is 5.92 Å². The Morgan fingerprint density at radius 3 is 2.31 bits per heavy atom. The van der Waals surface area contributed by atoms with E-state index >= 15 is 0 Å². The Morgan fingerprint density at radius 2 is 1.85 bits per heavy atom. The summed E-state index contributed by atoms with van der Waals surface area (Å²) in [4.78, 5) is 0. The topological polar surface area (TPSA) is 38.0 Å². The lowest BCUT2D eigenvalue weighted by atomic mass is 9.87. The zero-order chi connectivity index (χ0) is 9.84. The number of hydrogen-bond acceptors (Lipinski definition) is 2. The van der Waals surface area contributed by atoms with Gasteiger partial charge in [0.1, 0.15) is 0 Å². The fourth-order valence-corrected chi connectivity index (χ4v) is 1.87. The van der Waals surface area contributed by atoms with Gasteiger partial charge in [0.25, 0.3) is 0 Å². The molecule has 0 aliphatic heterocycles. The van der Waals surface area contributed by atoms with Crippen molar-refractivity contribution in [1.29, 1.82) is 0 Å². The number of rotatable bonds is 5. The van der Waals surface area contributed by atoms with Gasteiger partial charge in [0.15, 0.2) is 0 Å². The Balaban J connectivity index is 2.01. The van der Waals surface area contributed by atoms with Gasteiger partial charge in [-0.05, 0) is 38.5 Å². The molecule has 1 fully saturated rings. The van der Waals surface area contributed by atoms with Crippen molar-refractivity contribution < 1.29 is 0 Å². The Kier molecular flexibility index (Phi) is 4.20. The maximum atomic E-state index is 5.73. The molecule has 1 aliphatic rings. The summed E-state index contributed by atoms with van der Waals surface area (Å²) >= 11 is 0. The first kappa shape index (κ1) is 11.0. The van der Waals surface area contributed by atoms with Crippen molar-refractivity contribution in [3.63, 3.8) is 0 Å². The molecule has 1 aliphatic carbocycles. The van der Waals surface area contributed by atoms with Crippen LogP contribution in [0.4, 0.5) is 0 Å². The van der Waals surface area contributed by atoms with Crippen LogP contribution in [0.25, 0.3) is 0 Å². The minimum Gasteiger partial charge on any atom is -0.328 e. The minimum atomic E-state index is 0.467. The van der Waals surface area contributed by atoms with E-state index in [9.17, 15) is 0 Å². The molecular formula is C11H24N2. The highest BCUT2D eigenvalue weighted by Gasteiger charge is 2.26. The fraction of sp³-hybridized carbons (Fsp3) is 1.00. The van der Waals surface area contributed by atoms with Crippen molar-refractivity contribution in [3.8, 4) is 0 Å². The zero-order valence-electron chi connectivity index (χ0n) is 9.22. The molecule has 0 saturated heterocycles. The molecule has 1 rings (SSSR count). The van der Waals surface area contributed by atoms with Gasteiger partial charge in [0, 0.05) is 18.1 Å². The standard InChI is InChI=1S/C11H24N2/c1-8(2)4-5-9(3)13-11-6-10(12)7-11/h8-11,13H,4-7,12H2,1-3H3. The van der Waals surface area contributed by atoms with Gasteiger partial charge < -0.3 is 11.1 Å². The van der Waals surface area contributed by atoms with Crippen LogP contribution in [0.15, 0.2) is 0 Å². The first-order chi connectivity index (χ1) is 6.08. The normalized spacial score (nSPS) is 30.2. The van der Waals surface area contributed by atoms with E-state index in [4.69, 9.17) is 5.73 Å². The molecule has 0 bridgehead atoms. The molecule has 0 aromatic carbocycles. The maximum absolute atomic E-state index is 5.73. The third-order valence-electron chi connectivity index (χ3n) is 2.87. The van der Waals surface area contributed by atoms with E-state index in [1.165, 1.54) is 25.7 Å². The molecule has 13 heavy (non-hydrogen) atoms. The quantitative estimate of drug-likeness (QED) is 0.685. The molecule has 1 unspecified atom stereocenters. The summed E-state index contributed by atoms with van der Waals surface area (Å²) < 4.78 is 0. The Hall–Kier alpha value is -0.0800. The maximum Gasteiger partial charge on any atom is 0.00990 e. The SMILES string of the molecule is CC(C)CCC(C)NC1CC(N)C1. The van der Waals surface area contributed by atoms with Crippen molar-refractivity contribution >= 4 is 0 Å². The van der Waals surface area contributed by atoms with Crippen LogP contribution in [0.3, 0.4) is 0 Å². The summed E-state index contributed by atoms with van der Waals surface area (Å²) in [5.41, 5.74) is 5.73. The molecular weight excluding hydrogens is 160 g/mol. The Labute approximate surface area is 82.3 Å². The largest absolute Gasteiger partial charge is 0.328 e. The first-order valence-electron chi connectivity index (χ1n) is 5.59. The van der Waals surface area contributed by atoms with Crippen LogP contribution >= 0.6 is 0 Å². The second-order valence-electron chi connectivity index (χ2n) is 4.97. The number of nitrogens with two attached hydrogens (primary N) is 1. The predicted molar refractivity (Wildman–Crippen MR) is 57.7 cm³/mol. The molecule has 0 aromatic heterocycles. The molecule has 1 saturated carbocycles. The van der Waals surface area contributed by atoms with Gasteiger partial charge in [0.2, 0.25) is 0 Å². The molecule has 0 radical (unpaired) electrons. The van der Waals surface area contributed by atoms with Crippen LogP contribution in [-0.4, -0.2) is 18.1 Å².